The monoisotopic (exact) mass is 455 g/mol. The van der Waals surface area contributed by atoms with Crippen molar-refractivity contribution in [1.82, 2.24) is 0 Å². The van der Waals surface area contributed by atoms with Crippen LogP contribution < -0.4 is 0 Å². The Hall–Kier alpha value is -1.92. The van der Waals surface area contributed by atoms with Crippen LogP contribution in [0.4, 0.5) is 0 Å². The first-order valence-corrected chi connectivity index (χ1v) is 13.2. The predicted octanol–water partition coefficient (Wildman–Crippen LogP) is 9.40. The number of Topliss-reactive ketones (excluding diaryl/α,β-unsaturated/α-hetero) is 1. The largest absolute Gasteiger partial charge is 0.300 e. The van der Waals surface area contributed by atoms with Crippen molar-refractivity contribution in [1.29, 1.82) is 5.26 Å². The van der Waals surface area contributed by atoms with Crippen LogP contribution in [0.1, 0.15) is 109 Å². The van der Waals surface area contributed by atoms with E-state index in [2.05, 4.69) is 65.5 Å². The summed E-state index contributed by atoms with van der Waals surface area (Å²) in [7, 11) is 0. The Morgan fingerprint density at radius 1 is 1.19 bits per heavy atom. The molecule has 1 aromatic rings. The van der Waals surface area contributed by atoms with E-state index in [0.29, 0.717) is 30.5 Å². The van der Waals surface area contributed by atoms with E-state index in [4.69, 9.17) is 5.26 Å². The second kappa shape index (κ2) is 18.6. The standard InChI is InChI=1S/C16H28.C13H17NOS/c1-6-9-10-12-16(11-7-2)15(5)13-14(4)8-3;1-3-5-10(8-11(15)4-2)13-7-6-12(9-14)16-13/h7,10-12,14-15H,2,6,8-9,13H2,1,3-5H3;6-7,10H,3-5,8H2,1-2H3/b12-10-,16-11+;. The van der Waals surface area contributed by atoms with E-state index in [1.165, 1.54) is 47.5 Å². The molecule has 3 unspecified atom stereocenters. The predicted molar refractivity (Wildman–Crippen MR) is 142 cm³/mol. The molecule has 178 valence electrons. The molecular formula is C29H45NOS. The van der Waals surface area contributed by atoms with Gasteiger partial charge in [-0.25, -0.2) is 0 Å². The third-order valence-electron chi connectivity index (χ3n) is 5.74. The van der Waals surface area contributed by atoms with E-state index < -0.39 is 0 Å². The Morgan fingerprint density at radius 3 is 2.41 bits per heavy atom. The molecule has 0 saturated heterocycles. The maximum atomic E-state index is 11.5. The minimum atomic E-state index is 0.310. The topological polar surface area (TPSA) is 40.9 Å². The van der Waals surface area contributed by atoms with Gasteiger partial charge in [0.25, 0.3) is 0 Å². The van der Waals surface area contributed by atoms with Gasteiger partial charge in [-0.3, -0.25) is 4.79 Å². The molecule has 1 aromatic heterocycles. The molecule has 0 aliphatic rings. The maximum absolute atomic E-state index is 11.5. The van der Waals surface area contributed by atoms with Crippen molar-refractivity contribution >= 4 is 17.1 Å². The molecule has 3 heteroatoms. The highest BCUT2D eigenvalue weighted by Crippen LogP contribution is 2.31. The zero-order valence-corrected chi connectivity index (χ0v) is 22.1. The molecular weight excluding hydrogens is 410 g/mol. The number of ketones is 1. The number of rotatable bonds is 14. The van der Waals surface area contributed by atoms with Crippen molar-refractivity contribution < 1.29 is 4.79 Å². The third-order valence-corrected chi connectivity index (χ3v) is 6.90. The summed E-state index contributed by atoms with van der Waals surface area (Å²) < 4.78 is 0. The Bertz CT molecular complexity index is 749. The van der Waals surface area contributed by atoms with Gasteiger partial charge in [-0.1, -0.05) is 91.7 Å². The minimum Gasteiger partial charge on any atom is -0.300 e. The lowest BCUT2D eigenvalue weighted by molar-refractivity contribution is -0.119. The Labute approximate surface area is 202 Å². The third kappa shape index (κ3) is 12.8. The molecule has 0 aliphatic carbocycles. The van der Waals surface area contributed by atoms with Gasteiger partial charge in [-0.05, 0) is 48.8 Å². The maximum Gasteiger partial charge on any atom is 0.133 e. The number of nitrogens with zero attached hydrogens (tertiary/aromatic N) is 1. The van der Waals surface area contributed by atoms with Crippen LogP contribution in [0.25, 0.3) is 0 Å². The second-order valence-corrected chi connectivity index (χ2v) is 9.75. The van der Waals surface area contributed by atoms with Crippen molar-refractivity contribution in [2.24, 2.45) is 11.8 Å². The Balaban J connectivity index is 0.000000601. The van der Waals surface area contributed by atoms with Gasteiger partial charge in [-0.15, -0.1) is 11.3 Å². The molecule has 0 fully saturated rings. The van der Waals surface area contributed by atoms with Crippen molar-refractivity contribution in [3.8, 4) is 6.07 Å². The zero-order valence-electron chi connectivity index (χ0n) is 21.3. The molecule has 3 atom stereocenters. The highest BCUT2D eigenvalue weighted by Gasteiger charge is 2.16. The molecule has 1 rings (SSSR count). The first kappa shape index (κ1) is 30.1. The van der Waals surface area contributed by atoms with Crippen LogP contribution in [0, 0.1) is 23.2 Å². The van der Waals surface area contributed by atoms with Gasteiger partial charge in [0.05, 0.1) is 0 Å². The summed E-state index contributed by atoms with van der Waals surface area (Å²) >= 11 is 1.52. The summed E-state index contributed by atoms with van der Waals surface area (Å²) in [6.07, 6.45) is 16.9. The molecule has 32 heavy (non-hydrogen) atoms. The van der Waals surface area contributed by atoms with E-state index in [1.807, 2.05) is 25.1 Å². The fraction of sp³-hybridized carbons (Fsp3) is 0.586. The molecule has 1 heterocycles. The first-order chi connectivity index (χ1) is 15.4. The molecule has 0 bridgehead atoms. The van der Waals surface area contributed by atoms with Crippen LogP contribution in [-0.2, 0) is 4.79 Å². The molecule has 2 nitrogen and oxygen atoms in total. The number of hydrogen-bond acceptors (Lipinski definition) is 3. The van der Waals surface area contributed by atoms with Gasteiger partial charge in [0.1, 0.15) is 16.7 Å². The summed E-state index contributed by atoms with van der Waals surface area (Å²) in [6, 6.07) is 5.98. The van der Waals surface area contributed by atoms with Crippen LogP contribution in [-0.4, -0.2) is 5.78 Å². The van der Waals surface area contributed by atoms with Crippen molar-refractivity contribution in [2.45, 2.75) is 98.8 Å². The van der Waals surface area contributed by atoms with E-state index in [9.17, 15) is 4.79 Å². The molecule has 0 radical (unpaired) electrons. The summed E-state index contributed by atoms with van der Waals surface area (Å²) in [5, 5.41) is 8.78. The fourth-order valence-corrected chi connectivity index (χ4v) is 4.50. The molecule has 0 aliphatic heterocycles. The molecule has 0 saturated carbocycles. The quantitative estimate of drug-likeness (QED) is 0.262. The SMILES string of the molecule is C=C/C=C(\C=C/CCC)C(C)CC(C)CC.CCCC(CC(=O)CC)c1ccc(C#N)s1. The van der Waals surface area contributed by atoms with Gasteiger partial charge in [0.15, 0.2) is 0 Å². The normalized spacial score (nSPS) is 14.2. The number of unbranched alkanes of at least 4 members (excludes halogenated alkanes) is 1. The number of thiophene rings is 1. The minimum absolute atomic E-state index is 0.310. The van der Waals surface area contributed by atoms with Crippen LogP contribution in [0.15, 0.2) is 48.6 Å². The molecule has 0 spiro atoms. The Morgan fingerprint density at radius 2 is 1.91 bits per heavy atom. The lowest BCUT2D eigenvalue weighted by atomic mass is 9.89. The van der Waals surface area contributed by atoms with Crippen molar-refractivity contribution in [3.63, 3.8) is 0 Å². The highest BCUT2D eigenvalue weighted by molar-refractivity contribution is 7.12. The number of carbonyl (C=O) groups excluding carboxylic acids is 1. The lowest BCUT2D eigenvalue weighted by Gasteiger charge is -2.17. The van der Waals surface area contributed by atoms with Gasteiger partial charge in [0, 0.05) is 23.6 Å². The molecule has 0 amide bonds. The van der Waals surface area contributed by atoms with Crippen LogP contribution in [0.5, 0.6) is 0 Å². The summed E-state index contributed by atoms with van der Waals surface area (Å²) in [5.74, 6) is 2.07. The van der Waals surface area contributed by atoms with E-state index >= 15 is 0 Å². The number of carbonyl (C=O) groups is 1. The highest BCUT2D eigenvalue weighted by atomic mass is 32.1. The molecule has 0 N–H and O–H groups in total. The van der Waals surface area contributed by atoms with Gasteiger partial charge < -0.3 is 0 Å². The first-order valence-electron chi connectivity index (χ1n) is 12.4. The smallest absolute Gasteiger partial charge is 0.133 e. The summed E-state index contributed by atoms with van der Waals surface area (Å²) in [5.41, 5.74) is 1.42. The van der Waals surface area contributed by atoms with Gasteiger partial charge in [0.2, 0.25) is 0 Å². The summed E-state index contributed by atoms with van der Waals surface area (Å²) in [4.78, 5) is 13.4. The Kier molecular flexibility index (Phi) is 17.5. The van der Waals surface area contributed by atoms with Gasteiger partial charge >= 0.3 is 0 Å². The number of hydrogen-bond donors (Lipinski definition) is 0. The lowest BCUT2D eigenvalue weighted by Crippen LogP contribution is -2.04. The van der Waals surface area contributed by atoms with E-state index in [1.54, 1.807) is 0 Å². The van der Waals surface area contributed by atoms with E-state index in [-0.39, 0.29) is 0 Å². The van der Waals surface area contributed by atoms with E-state index in [0.717, 1.165) is 23.6 Å². The van der Waals surface area contributed by atoms with Gasteiger partial charge in [-0.2, -0.15) is 5.26 Å². The summed E-state index contributed by atoms with van der Waals surface area (Å²) in [6.45, 7) is 17.0. The molecule has 0 aromatic carbocycles. The van der Waals surface area contributed by atoms with Crippen LogP contribution in [0.3, 0.4) is 0 Å². The number of allylic oxidation sites excluding steroid dienone is 5. The average molecular weight is 456 g/mol. The number of nitriles is 1. The fourth-order valence-electron chi connectivity index (χ4n) is 3.56. The van der Waals surface area contributed by atoms with Crippen molar-refractivity contribution in [3.05, 3.63) is 58.3 Å². The zero-order chi connectivity index (χ0) is 24.4. The second-order valence-electron chi connectivity index (χ2n) is 8.64. The van der Waals surface area contributed by atoms with Crippen molar-refractivity contribution in [2.75, 3.05) is 0 Å². The van der Waals surface area contributed by atoms with Crippen LogP contribution >= 0.6 is 11.3 Å². The van der Waals surface area contributed by atoms with Crippen LogP contribution in [0.2, 0.25) is 0 Å². The average Bonchev–Trinajstić information content (AvgIpc) is 3.27.